The van der Waals surface area contributed by atoms with Gasteiger partial charge in [-0.05, 0) is 58.4 Å². The van der Waals surface area contributed by atoms with Crippen LogP contribution in [-0.4, -0.2) is 0 Å². The Morgan fingerprint density at radius 3 is 1.77 bits per heavy atom. The summed E-state index contributed by atoms with van der Waals surface area (Å²) < 4.78 is 8.55. The van der Waals surface area contributed by atoms with Crippen molar-refractivity contribution in [3.8, 4) is 22.3 Å². The summed E-state index contributed by atoms with van der Waals surface area (Å²) in [4.78, 5) is 0. The van der Waals surface area contributed by atoms with Gasteiger partial charge in [0, 0.05) is 0 Å². The Labute approximate surface area is 133 Å². The second-order valence-corrected chi connectivity index (χ2v) is 5.87. The van der Waals surface area contributed by atoms with Crippen LogP contribution in [0.1, 0.15) is 23.6 Å². The minimum atomic E-state index is 0.569. The molecular formula is C22H18. The van der Waals surface area contributed by atoms with Crippen molar-refractivity contribution in [3.63, 3.8) is 0 Å². The fraction of sp³-hybridized carbons (Fsp3) is 0.0909. The number of hydrogen-bond acceptors (Lipinski definition) is 0. The highest BCUT2D eigenvalue weighted by molar-refractivity contribution is 5.97. The lowest BCUT2D eigenvalue weighted by molar-refractivity contribution is 1.38. The van der Waals surface area contributed by atoms with Crippen molar-refractivity contribution in [3.05, 3.63) is 82.9 Å². The first kappa shape index (κ1) is 12.0. The zero-order valence-corrected chi connectivity index (χ0v) is 12.9. The van der Waals surface area contributed by atoms with Gasteiger partial charge in [-0.15, -0.1) is 0 Å². The topological polar surface area (TPSA) is 0 Å². The van der Waals surface area contributed by atoms with Gasteiger partial charge >= 0.3 is 0 Å². The molecule has 0 heterocycles. The summed E-state index contributed by atoms with van der Waals surface area (Å²) >= 11 is 0. The molecule has 0 N–H and O–H groups in total. The van der Waals surface area contributed by atoms with E-state index >= 15 is 0 Å². The lowest BCUT2D eigenvalue weighted by atomic mass is 9.83. The largest absolute Gasteiger partial charge is 0.0629 e. The molecule has 0 bridgehead atoms. The second kappa shape index (κ2) is 4.99. The second-order valence-electron chi connectivity index (χ2n) is 5.87. The summed E-state index contributed by atoms with van der Waals surface area (Å²) in [6.45, 7) is 4.33. The quantitative estimate of drug-likeness (QED) is 0.466. The van der Waals surface area contributed by atoms with E-state index < -0.39 is 0 Å². The molecule has 0 atom stereocenters. The maximum Gasteiger partial charge on any atom is 0.0629 e. The maximum absolute atomic E-state index is 8.55. The third-order valence-electron chi connectivity index (χ3n) is 4.43. The zero-order valence-electron chi connectivity index (χ0n) is 13.9. The smallest absolute Gasteiger partial charge is 0.0616 e. The van der Waals surface area contributed by atoms with Gasteiger partial charge in [-0.3, -0.25) is 0 Å². The molecule has 0 unspecified atom stereocenters. The van der Waals surface area contributed by atoms with Crippen LogP contribution in [0.25, 0.3) is 34.4 Å². The highest BCUT2D eigenvalue weighted by Crippen LogP contribution is 2.42. The van der Waals surface area contributed by atoms with Gasteiger partial charge in [0.2, 0.25) is 0 Å². The number of benzene rings is 3. The molecule has 0 radical (unpaired) electrons. The van der Waals surface area contributed by atoms with E-state index in [1.807, 2.05) is 24.3 Å². The van der Waals surface area contributed by atoms with Crippen LogP contribution in [0.4, 0.5) is 0 Å². The minimum Gasteiger partial charge on any atom is -0.0616 e. The predicted molar refractivity (Wildman–Crippen MR) is 95.7 cm³/mol. The van der Waals surface area contributed by atoms with Crippen molar-refractivity contribution in [1.29, 1.82) is 0 Å². The molecule has 1 aliphatic rings. The summed E-state index contributed by atoms with van der Waals surface area (Å²) in [5.41, 5.74) is 9.54. The lowest BCUT2D eigenvalue weighted by Gasteiger charge is -2.21. The maximum atomic E-state index is 8.55. The molecular weight excluding hydrogens is 264 g/mol. The molecule has 0 aliphatic heterocycles. The van der Waals surface area contributed by atoms with E-state index in [0.29, 0.717) is 6.05 Å². The molecule has 0 aromatic heterocycles. The van der Waals surface area contributed by atoms with Crippen LogP contribution >= 0.6 is 0 Å². The van der Waals surface area contributed by atoms with E-state index in [4.69, 9.17) is 1.37 Å². The fourth-order valence-corrected chi connectivity index (χ4v) is 3.34. The number of fused-ring (bicyclic) bond motifs is 5. The molecule has 106 valence electrons. The Kier molecular flexibility index (Phi) is 2.72. The standard InChI is InChI=1S/C22H18/c1-15-11-12-16(2)22-20-10-6-4-8-18(20)14-13-17-7-3-5-9-19(17)21(15)22/h3-14H,1-2H3/b14-13-,17-13?,18-14?,21-19?,22-20?/i13D. The molecule has 0 saturated heterocycles. The molecule has 0 saturated carbocycles. The van der Waals surface area contributed by atoms with Crippen molar-refractivity contribution in [2.24, 2.45) is 0 Å². The van der Waals surface area contributed by atoms with Crippen molar-refractivity contribution >= 4 is 12.1 Å². The third-order valence-corrected chi connectivity index (χ3v) is 4.43. The summed E-state index contributed by atoms with van der Waals surface area (Å²) in [5.74, 6) is 0. The number of rotatable bonds is 0. The molecule has 22 heavy (non-hydrogen) atoms. The van der Waals surface area contributed by atoms with E-state index in [-0.39, 0.29) is 0 Å². The van der Waals surface area contributed by atoms with Gasteiger partial charge in [0.1, 0.15) is 0 Å². The van der Waals surface area contributed by atoms with Gasteiger partial charge in [-0.1, -0.05) is 72.8 Å². The normalized spacial score (nSPS) is 15.4. The first-order chi connectivity index (χ1) is 11.2. The Balaban J connectivity index is 2.24. The van der Waals surface area contributed by atoms with E-state index in [1.165, 1.54) is 27.8 Å². The SMILES string of the molecule is [2H]/C1=C/c2ccccc2-c2c(C)ccc(C)c2-c2ccccc21. The molecule has 0 fully saturated rings. The van der Waals surface area contributed by atoms with Gasteiger partial charge in [-0.25, -0.2) is 0 Å². The zero-order chi connectivity index (χ0) is 16.0. The van der Waals surface area contributed by atoms with Gasteiger partial charge in [0.05, 0.1) is 1.37 Å². The summed E-state index contributed by atoms with van der Waals surface area (Å²) in [7, 11) is 0. The van der Waals surface area contributed by atoms with Crippen molar-refractivity contribution < 1.29 is 1.37 Å². The molecule has 3 aromatic rings. The molecule has 0 spiro atoms. The van der Waals surface area contributed by atoms with E-state index in [1.54, 1.807) is 0 Å². The summed E-state index contributed by atoms with van der Waals surface area (Å²) in [5, 5.41) is 0. The Morgan fingerprint density at radius 2 is 1.14 bits per heavy atom. The summed E-state index contributed by atoms with van der Waals surface area (Å²) in [6.07, 6.45) is 1.98. The monoisotopic (exact) mass is 283 g/mol. The molecule has 0 amide bonds. The van der Waals surface area contributed by atoms with Crippen LogP contribution in [0.3, 0.4) is 0 Å². The van der Waals surface area contributed by atoms with E-state index in [2.05, 4.69) is 56.3 Å². The highest BCUT2D eigenvalue weighted by Gasteiger charge is 2.18. The molecule has 0 heteroatoms. The molecule has 4 rings (SSSR count). The van der Waals surface area contributed by atoms with Crippen molar-refractivity contribution in [2.75, 3.05) is 0 Å². The van der Waals surface area contributed by atoms with Gasteiger partial charge < -0.3 is 0 Å². The minimum absolute atomic E-state index is 0.569. The van der Waals surface area contributed by atoms with Crippen LogP contribution in [0.5, 0.6) is 0 Å². The van der Waals surface area contributed by atoms with Crippen molar-refractivity contribution in [1.82, 2.24) is 0 Å². The third kappa shape index (κ3) is 1.92. The first-order valence-corrected chi connectivity index (χ1v) is 7.64. The predicted octanol–water partition coefficient (Wildman–Crippen LogP) is 6.12. The highest BCUT2D eigenvalue weighted by atomic mass is 14.2. The Bertz CT molecular complexity index is 948. The molecule has 1 aliphatic carbocycles. The Hall–Kier alpha value is -2.60. The van der Waals surface area contributed by atoms with Crippen LogP contribution < -0.4 is 0 Å². The fourth-order valence-electron chi connectivity index (χ4n) is 3.34. The van der Waals surface area contributed by atoms with Gasteiger partial charge in [0.25, 0.3) is 0 Å². The summed E-state index contributed by atoms with van der Waals surface area (Å²) in [6, 6.07) is 21.6. The molecule has 0 nitrogen and oxygen atoms in total. The van der Waals surface area contributed by atoms with Crippen LogP contribution in [0.15, 0.2) is 60.7 Å². The van der Waals surface area contributed by atoms with E-state index in [0.717, 1.165) is 16.7 Å². The Morgan fingerprint density at radius 1 is 0.636 bits per heavy atom. The molecule has 3 aromatic carbocycles. The van der Waals surface area contributed by atoms with Crippen LogP contribution in [0, 0.1) is 13.8 Å². The first-order valence-electron chi connectivity index (χ1n) is 8.14. The van der Waals surface area contributed by atoms with Crippen LogP contribution in [-0.2, 0) is 0 Å². The number of hydrogen-bond donors (Lipinski definition) is 0. The van der Waals surface area contributed by atoms with Crippen molar-refractivity contribution in [2.45, 2.75) is 13.8 Å². The lowest BCUT2D eigenvalue weighted by Crippen LogP contribution is -1.97. The average molecular weight is 283 g/mol. The van der Waals surface area contributed by atoms with Crippen LogP contribution in [0.2, 0.25) is 0 Å². The van der Waals surface area contributed by atoms with Gasteiger partial charge in [0.15, 0.2) is 0 Å². The van der Waals surface area contributed by atoms with E-state index in [9.17, 15) is 0 Å². The number of aryl methyl sites for hydroxylation is 2. The average Bonchev–Trinajstić information content (AvgIpc) is 2.56. The van der Waals surface area contributed by atoms with Gasteiger partial charge in [-0.2, -0.15) is 0 Å².